The molecule has 0 saturated heterocycles. The van der Waals surface area contributed by atoms with Crippen molar-refractivity contribution >= 4 is 11.9 Å². The molecule has 0 fully saturated rings. The van der Waals surface area contributed by atoms with Crippen molar-refractivity contribution in [2.45, 2.75) is 321 Å². The number of esters is 1. The van der Waals surface area contributed by atoms with Gasteiger partial charge in [-0.3, -0.25) is 9.59 Å². The molecular weight excluding hydrogens is 767 g/mol. The van der Waals surface area contributed by atoms with Crippen LogP contribution in [0.25, 0.3) is 0 Å². The summed E-state index contributed by atoms with van der Waals surface area (Å²) in [5.74, 6) is -0.0718. The highest BCUT2D eigenvalue weighted by molar-refractivity contribution is 5.76. The Morgan fingerprint density at radius 2 is 0.758 bits per heavy atom. The smallest absolute Gasteiger partial charge is 0.305 e. The van der Waals surface area contributed by atoms with Crippen LogP contribution < -0.4 is 5.32 Å². The lowest BCUT2D eigenvalue weighted by molar-refractivity contribution is -0.143. The van der Waals surface area contributed by atoms with Gasteiger partial charge in [0, 0.05) is 12.8 Å². The lowest BCUT2D eigenvalue weighted by Crippen LogP contribution is -2.45. The number of aliphatic hydroxyl groups excluding tert-OH is 2. The Hall–Kier alpha value is -1.40. The standard InChI is InChI=1S/C56H109NO5/c1-3-5-7-9-11-13-15-17-19-20-21-22-24-28-32-36-40-44-48-54(59)53(52-58)57-55(60)49-45-41-37-33-29-25-23-27-31-35-39-43-47-51-62-56(61)50-46-42-38-34-30-26-18-16-14-12-10-8-6-4-2/h25,29,53-54,58-59H,3-24,26-28,30-52H2,1-2H3,(H,57,60)/b29-25-. The Bertz CT molecular complexity index is 924. The van der Waals surface area contributed by atoms with Crippen LogP contribution in [0.3, 0.4) is 0 Å². The molecule has 0 aromatic heterocycles. The summed E-state index contributed by atoms with van der Waals surface area (Å²) in [4.78, 5) is 24.5. The third-order valence-electron chi connectivity index (χ3n) is 13.1. The summed E-state index contributed by atoms with van der Waals surface area (Å²) in [6.45, 7) is 4.93. The highest BCUT2D eigenvalue weighted by Crippen LogP contribution is 2.17. The lowest BCUT2D eigenvalue weighted by Gasteiger charge is -2.22. The van der Waals surface area contributed by atoms with E-state index in [0.717, 1.165) is 70.6 Å². The van der Waals surface area contributed by atoms with Crippen LogP contribution in [0.15, 0.2) is 12.2 Å². The second-order valence-corrected chi connectivity index (χ2v) is 19.3. The zero-order chi connectivity index (χ0) is 45.1. The quantitative estimate of drug-likeness (QED) is 0.0321. The topological polar surface area (TPSA) is 95.9 Å². The molecule has 2 unspecified atom stereocenters. The first kappa shape index (κ1) is 60.6. The second kappa shape index (κ2) is 52.2. The molecule has 62 heavy (non-hydrogen) atoms. The first-order valence-corrected chi connectivity index (χ1v) is 27.9. The molecule has 0 bridgehead atoms. The number of amides is 1. The largest absolute Gasteiger partial charge is 0.466 e. The van der Waals surface area contributed by atoms with Gasteiger partial charge < -0.3 is 20.3 Å². The molecule has 0 saturated carbocycles. The van der Waals surface area contributed by atoms with Crippen LogP contribution in [0.1, 0.15) is 309 Å². The summed E-state index contributed by atoms with van der Waals surface area (Å²) in [5.41, 5.74) is 0. The van der Waals surface area contributed by atoms with Gasteiger partial charge in [-0.2, -0.15) is 0 Å². The van der Waals surface area contributed by atoms with Gasteiger partial charge in [0.2, 0.25) is 5.91 Å². The molecule has 3 N–H and O–H groups in total. The summed E-state index contributed by atoms with van der Waals surface area (Å²) in [7, 11) is 0. The van der Waals surface area contributed by atoms with Crippen molar-refractivity contribution in [2.24, 2.45) is 0 Å². The van der Waals surface area contributed by atoms with Crippen LogP contribution >= 0.6 is 0 Å². The Labute approximate surface area is 387 Å². The molecule has 0 spiro atoms. The van der Waals surface area contributed by atoms with E-state index in [4.69, 9.17) is 4.74 Å². The maximum atomic E-state index is 12.5. The fraction of sp³-hybridized carbons (Fsp3) is 0.929. The van der Waals surface area contributed by atoms with E-state index in [1.807, 2.05) is 0 Å². The highest BCUT2D eigenvalue weighted by atomic mass is 16.5. The average molecular weight is 876 g/mol. The van der Waals surface area contributed by atoms with E-state index in [1.54, 1.807) is 0 Å². The first-order chi connectivity index (χ1) is 30.5. The number of allylic oxidation sites excluding steroid dienone is 2. The minimum Gasteiger partial charge on any atom is -0.466 e. The minimum atomic E-state index is -0.681. The van der Waals surface area contributed by atoms with Crippen molar-refractivity contribution in [2.75, 3.05) is 13.2 Å². The fourth-order valence-electron chi connectivity index (χ4n) is 8.75. The Morgan fingerprint density at radius 3 is 1.16 bits per heavy atom. The van der Waals surface area contributed by atoms with Crippen LogP contribution in [-0.4, -0.2) is 47.4 Å². The molecule has 0 aromatic carbocycles. The van der Waals surface area contributed by atoms with Gasteiger partial charge in [0.05, 0.1) is 25.4 Å². The minimum absolute atomic E-state index is 0.00965. The Balaban J connectivity index is 3.48. The molecule has 0 rings (SSSR count). The summed E-state index contributed by atoms with van der Waals surface area (Å²) < 4.78 is 5.46. The number of nitrogens with one attached hydrogen (secondary N) is 1. The normalized spacial score (nSPS) is 12.6. The molecule has 0 radical (unpaired) electrons. The van der Waals surface area contributed by atoms with Gasteiger partial charge in [0.1, 0.15) is 0 Å². The number of carbonyl (C=O) groups excluding carboxylic acids is 2. The maximum Gasteiger partial charge on any atom is 0.305 e. The molecule has 1 amide bonds. The number of unbranched alkanes of at least 4 members (excludes halogenated alkanes) is 39. The van der Waals surface area contributed by atoms with Crippen LogP contribution in [0.2, 0.25) is 0 Å². The maximum absolute atomic E-state index is 12.5. The van der Waals surface area contributed by atoms with E-state index >= 15 is 0 Å². The molecule has 0 aliphatic carbocycles. The van der Waals surface area contributed by atoms with E-state index in [2.05, 4.69) is 31.3 Å². The van der Waals surface area contributed by atoms with Crippen molar-refractivity contribution in [1.82, 2.24) is 5.32 Å². The second-order valence-electron chi connectivity index (χ2n) is 19.3. The summed E-state index contributed by atoms with van der Waals surface area (Å²) in [6.07, 6.45) is 60.5. The number of ether oxygens (including phenoxy) is 1. The number of aliphatic hydroxyl groups is 2. The molecular formula is C56H109NO5. The van der Waals surface area contributed by atoms with Crippen molar-refractivity contribution in [3.63, 3.8) is 0 Å². The zero-order valence-corrected chi connectivity index (χ0v) is 41.9. The third kappa shape index (κ3) is 48.1. The van der Waals surface area contributed by atoms with Gasteiger partial charge in [0.25, 0.3) is 0 Å². The Kier molecular flexibility index (Phi) is 51.0. The fourth-order valence-corrected chi connectivity index (χ4v) is 8.75. The summed E-state index contributed by atoms with van der Waals surface area (Å²) >= 11 is 0. The van der Waals surface area contributed by atoms with Gasteiger partial charge >= 0.3 is 5.97 Å². The molecule has 0 aromatic rings. The zero-order valence-electron chi connectivity index (χ0n) is 41.9. The number of hydrogen-bond donors (Lipinski definition) is 3. The molecule has 0 aliphatic rings. The van der Waals surface area contributed by atoms with Crippen LogP contribution in [-0.2, 0) is 14.3 Å². The summed E-state index contributed by atoms with van der Waals surface area (Å²) in [5, 5.41) is 23.3. The van der Waals surface area contributed by atoms with Gasteiger partial charge in [-0.15, -0.1) is 0 Å². The third-order valence-corrected chi connectivity index (χ3v) is 13.1. The van der Waals surface area contributed by atoms with E-state index < -0.39 is 12.1 Å². The van der Waals surface area contributed by atoms with E-state index in [9.17, 15) is 19.8 Å². The molecule has 0 aliphatic heterocycles. The van der Waals surface area contributed by atoms with Crippen molar-refractivity contribution in [3.8, 4) is 0 Å². The molecule has 6 nitrogen and oxygen atoms in total. The van der Waals surface area contributed by atoms with Gasteiger partial charge in [-0.25, -0.2) is 0 Å². The Morgan fingerprint density at radius 1 is 0.435 bits per heavy atom. The monoisotopic (exact) mass is 876 g/mol. The molecule has 0 heterocycles. The van der Waals surface area contributed by atoms with Crippen molar-refractivity contribution in [3.05, 3.63) is 12.2 Å². The summed E-state index contributed by atoms with van der Waals surface area (Å²) in [6, 6.07) is -0.561. The molecule has 2 atom stereocenters. The number of hydrogen-bond acceptors (Lipinski definition) is 5. The van der Waals surface area contributed by atoms with Gasteiger partial charge in [-0.05, 0) is 51.4 Å². The average Bonchev–Trinajstić information content (AvgIpc) is 3.27. The van der Waals surface area contributed by atoms with E-state index in [0.29, 0.717) is 25.9 Å². The lowest BCUT2D eigenvalue weighted by atomic mass is 10.0. The van der Waals surface area contributed by atoms with Crippen LogP contribution in [0.5, 0.6) is 0 Å². The predicted molar refractivity (Wildman–Crippen MR) is 269 cm³/mol. The van der Waals surface area contributed by atoms with Gasteiger partial charge in [-0.1, -0.05) is 257 Å². The van der Waals surface area contributed by atoms with Crippen molar-refractivity contribution < 1.29 is 24.5 Å². The number of carbonyl (C=O) groups is 2. The van der Waals surface area contributed by atoms with E-state index in [-0.39, 0.29) is 18.5 Å². The SMILES string of the molecule is CCCCCCCCCCCCCCCCCCCCC(O)C(CO)NC(=O)CCCCC/C=C\CCCCCCCCOC(=O)CCCCCCCCCCCCCCCC. The predicted octanol–water partition coefficient (Wildman–Crippen LogP) is 16.9. The van der Waals surface area contributed by atoms with Crippen molar-refractivity contribution in [1.29, 1.82) is 0 Å². The highest BCUT2D eigenvalue weighted by Gasteiger charge is 2.20. The first-order valence-electron chi connectivity index (χ1n) is 27.9. The molecule has 6 heteroatoms. The van der Waals surface area contributed by atoms with Crippen LogP contribution in [0.4, 0.5) is 0 Å². The van der Waals surface area contributed by atoms with E-state index in [1.165, 1.54) is 205 Å². The number of rotatable bonds is 52. The molecule has 368 valence electrons. The van der Waals surface area contributed by atoms with Crippen LogP contribution in [0, 0.1) is 0 Å². The van der Waals surface area contributed by atoms with Gasteiger partial charge in [0.15, 0.2) is 0 Å².